The summed E-state index contributed by atoms with van der Waals surface area (Å²) in [5, 5.41) is 13.8. The standard InChI is InChI=1S/2C27H29ClN2O2.C26H28ClN3O3.C25H26ClN3O3/c1-17-6-5-7-21(14-17)29-26(32)25(31)24-18(2)30(16-19-8-10-20(28)11-9-19)23-12-13-27(3,4)15-22(23)24;1-18-8-7-9-22(16-18)29-27(32)26(31)25-19(2)30(17-20-12-14-21(28)15-13-20)24-11-6-4-3-5-10-23(24)25;1-17-24(25(31)26(32)29-20-13-14-28-23(15-20)33-2)21-7-5-3-4-6-8-22(21)30(17)16-18-9-11-19(27)12-10-18;1-16-23(24(30)25(31)28-19-12-13-27-22(14-19)32-2)20-6-4-3-5-7-21(20)29(16)15-17-8-10-18(26)11-9-17/h5-11,14H,12-13,15-16H2,1-4H3,(H,29,32);7-9,12-16H,3-6,10-11,17H2,1-2H3,(H,29,32);9-15H,3-8,16H2,1-2H3,(H,28,29,32);8-14H,3-7,15H2,1-2H3,(H,27,28,31). The Balaban J connectivity index is 0.000000147. The molecule has 0 saturated carbocycles. The van der Waals surface area contributed by atoms with Gasteiger partial charge in [0.05, 0.1) is 36.5 Å². The van der Waals surface area contributed by atoms with Crippen LogP contribution in [0.3, 0.4) is 0 Å². The Morgan fingerprint density at radius 3 is 0.884 bits per heavy atom. The smallest absolute Gasteiger partial charge is 0.296 e. The number of hydrogen-bond donors (Lipinski definition) is 4. The molecule has 0 aliphatic heterocycles. The number of rotatable bonds is 22. The Hall–Kier alpha value is -11.9. The molecule has 4 N–H and O–H groups in total. The molecule has 0 radical (unpaired) electrons. The summed E-state index contributed by atoms with van der Waals surface area (Å²) in [7, 11) is 3.00. The van der Waals surface area contributed by atoms with Crippen LogP contribution in [0.15, 0.2) is 182 Å². The first-order chi connectivity index (χ1) is 62.0. The third-order valence-corrected chi connectivity index (χ3v) is 25.9. The number of ketones is 4. The van der Waals surface area contributed by atoms with Crippen LogP contribution >= 0.6 is 46.4 Å². The number of ether oxygens (including phenoxy) is 2. The van der Waals surface area contributed by atoms with Gasteiger partial charge in [0.2, 0.25) is 11.8 Å². The molecule has 24 heteroatoms. The zero-order valence-corrected chi connectivity index (χ0v) is 78.1. The van der Waals surface area contributed by atoms with Gasteiger partial charge in [0.1, 0.15) is 0 Å². The molecule has 129 heavy (non-hydrogen) atoms. The fraction of sp³-hybridized carbons (Fsp3) is 0.333. The number of aryl methyl sites for hydroxylation is 2. The number of pyridine rings is 2. The van der Waals surface area contributed by atoms with E-state index in [1.807, 2.05) is 175 Å². The van der Waals surface area contributed by atoms with Crippen molar-refractivity contribution in [2.45, 2.75) is 210 Å². The lowest BCUT2D eigenvalue weighted by Crippen LogP contribution is -2.27. The minimum atomic E-state index is -0.656. The van der Waals surface area contributed by atoms with Gasteiger partial charge in [-0.2, -0.15) is 0 Å². The Morgan fingerprint density at radius 1 is 0.333 bits per heavy atom. The van der Waals surface area contributed by atoms with Gasteiger partial charge in [-0.3, -0.25) is 38.4 Å². The quantitative estimate of drug-likeness (QED) is 0.0281. The van der Waals surface area contributed by atoms with E-state index in [1.165, 1.54) is 56.5 Å². The van der Waals surface area contributed by atoms with Gasteiger partial charge in [-0.15, -0.1) is 0 Å². The third kappa shape index (κ3) is 23.6. The number of aromatic nitrogens is 6. The number of methoxy groups -OCH3 is 2. The van der Waals surface area contributed by atoms with Gasteiger partial charge >= 0.3 is 0 Å². The first-order valence-electron chi connectivity index (χ1n) is 44.4. The van der Waals surface area contributed by atoms with Gasteiger partial charge in [-0.25, -0.2) is 9.97 Å². The van der Waals surface area contributed by atoms with Crippen LogP contribution in [0, 0.1) is 47.0 Å². The van der Waals surface area contributed by atoms with Gasteiger partial charge in [-0.1, -0.05) is 165 Å². The fourth-order valence-corrected chi connectivity index (χ4v) is 18.8. The molecule has 0 spiro atoms. The number of nitrogens with one attached hydrogen (secondary N) is 4. The molecular weight excluding hydrogens is 1700 g/mol. The summed E-state index contributed by atoms with van der Waals surface area (Å²) in [6.45, 7) is 18.8. The maximum Gasteiger partial charge on any atom is 0.296 e. The average molecular weight is 1820 g/mol. The summed E-state index contributed by atoms with van der Waals surface area (Å²) < 4.78 is 19.1. The fourth-order valence-electron chi connectivity index (χ4n) is 18.3. The van der Waals surface area contributed by atoms with E-state index in [0.29, 0.717) is 103 Å². The van der Waals surface area contributed by atoms with Crippen molar-refractivity contribution in [2.24, 2.45) is 5.41 Å². The number of hydrogen-bond acceptors (Lipinski definition) is 12. The van der Waals surface area contributed by atoms with E-state index in [-0.39, 0.29) is 5.41 Å². The summed E-state index contributed by atoms with van der Waals surface area (Å²) in [6.07, 6.45) is 23.1. The number of benzene rings is 6. The number of halogens is 4. The minimum Gasteiger partial charge on any atom is -0.481 e. The number of anilines is 4. The molecule has 4 aliphatic rings. The van der Waals surface area contributed by atoms with Gasteiger partial charge in [0.25, 0.3) is 46.8 Å². The van der Waals surface area contributed by atoms with Crippen LogP contribution in [0.5, 0.6) is 11.8 Å². The lowest BCUT2D eigenvalue weighted by atomic mass is 9.75. The molecule has 6 aromatic heterocycles. The van der Waals surface area contributed by atoms with Crippen LogP contribution in [0.1, 0.15) is 234 Å². The number of nitrogens with zero attached hydrogens (tertiary/aromatic N) is 6. The van der Waals surface area contributed by atoms with Crippen molar-refractivity contribution in [2.75, 3.05) is 35.5 Å². The molecule has 4 aliphatic carbocycles. The second kappa shape index (κ2) is 43.4. The number of amides is 4. The van der Waals surface area contributed by atoms with E-state index in [1.54, 1.807) is 36.4 Å². The van der Waals surface area contributed by atoms with Gasteiger partial charge < -0.3 is 49.0 Å². The van der Waals surface area contributed by atoms with Gasteiger partial charge in [0, 0.05) is 139 Å². The maximum absolute atomic E-state index is 13.4. The summed E-state index contributed by atoms with van der Waals surface area (Å²) >= 11 is 24.2. The molecule has 16 rings (SSSR count). The molecule has 6 aromatic carbocycles. The summed E-state index contributed by atoms with van der Waals surface area (Å²) in [4.78, 5) is 113. The molecule has 0 saturated heterocycles. The number of carbonyl (C=O) groups excluding carboxylic acids is 8. The second-order valence-electron chi connectivity index (χ2n) is 34.7. The topological polar surface area (TPSA) is 249 Å². The van der Waals surface area contributed by atoms with Crippen LogP contribution in [0.25, 0.3) is 0 Å². The number of fused-ring (bicyclic) bond motifs is 4. The zero-order valence-electron chi connectivity index (χ0n) is 75.1. The highest BCUT2D eigenvalue weighted by Gasteiger charge is 2.38. The zero-order chi connectivity index (χ0) is 91.7. The highest BCUT2D eigenvalue weighted by atomic mass is 35.5. The van der Waals surface area contributed by atoms with Crippen LogP contribution in [0.2, 0.25) is 20.1 Å². The van der Waals surface area contributed by atoms with Crippen molar-refractivity contribution >= 4 is 116 Å². The number of carbonyl (C=O) groups is 8. The van der Waals surface area contributed by atoms with Gasteiger partial charge in [-0.05, 0) is 284 Å². The monoisotopic (exact) mass is 1810 g/mol. The van der Waals surface area contributed by atoms with Crippen LogP contribution in [0.4, 0.5) is 22.7 Å². The molecule has 6 heterocycles. The first-order valence-corrected chi connectivity index (χ1v) is 45.9. The van der Waals surface area contributed by atoms with Crippen molar-refractivity contribution in [1.29, 1.82) is 0 Å². The molecule has 4 amide bonds. The lowest BCUT2D eigenvalue weighted by molar-refractivity contribution is -0.113. The van der Waals surface area contributed by atoms with Crippen molar-refractivity contribution in [1.82, 2.24) is 28.2 Å². The van der Waals surface area contributed by atoms with E-state index in [0.717, 1.165) is 200 Å². The van der Waals surface area contributed by atoms with E-state index in [9.17, 15) is 38.4 Å². The van der Waals surface area contributed by atoms with E-state index in [2.05, 4.69) is 63.4 Å². The molecule has 0 unspecified atom stereocenters. The Labute approximate surface area is 775 Å². The predicted octanol–water partition coefficient (Wildman–Crippen LogP) is 22.8. The Bertz CT molecular complexity index is 6140. The van der Waals surface area contributed by atoms with Crippen molar-refractivity contribution in [3.63, 3.8) is 0 Å². The van der Waals surface area contributed by atoms with Crippen LogP contribution in [-0.2, 0) is 96.7 Å². The van der Waals surface area contributed by atoms with Crippen LogP contribution in [-0.4, -0.2) is 89.2 Å². The normalized spacial score (nSPS) is 13.8. The summed E-state index contributed by atoms with van der Waals surface area (Å²) in [6, 6.07) is 52.5. The van der Waals surface area contributed by atoms with Gasteiger partial charge in [0.15, 0.2) is 0 Å². The number of Topliss-reactive ketones (excluding diaryl/α,β-unsaturated/α-hetero) is 4. The predicted molar refractivity (Wildman–Crippen MR) is 513 cm³/mol. The molecule has 0 fully saturated rings. The highest BCUT2D eigenvalue weighted by molar-refractivity contribution is 6.49. The molecule has 12 aromatic rings. The Morgan fingerprint density at radius 2 is 0.597 bits per heavy atom. The van der Waals surface area contributed by atoms with Crippen molar-refractivity contribution < 1.29 is 47.8 Å². The molecule has 20 nitrogen and oxygen atoms in total. The lowest BCUT2D eigenvalue weighted by Gasteiger charge is -2.31. The molecular formula is C105H112Cl4N10O10. The van der Waals surface area contributed by atoms with Crippen molar-refractivity contribution in [3.05, 3.63) is 326 Å². The third-order valence-electron chi connectivity index (χ3n) is 24.9. The van der Waals surface area contributed by atoms with E-state index < -0.39 is 46.8 Å². The summed E-state index contributed by atoms with van der Waals surface area (Å²) in [5.74, 6) is -3.66. The molecule has 0 atom stereocenters. The van der Waals surface area contributed by atoms with Crippen LogP contribution < -0.4 is 30.7 Å². The molecule has 670 valence electrons. The largest absolute Gasteiger partial charge is 0.481 e. The minimum absolute atomic E-state index is 0.0912. The first kappa shape index (κ1) is 94.7. The van der Waals surface area contributed by atoms with E-state index in [4.69, 9.17) is 55.9 Å². The summed E-state index contributed by atoms with van der Waals surface area (Å²) in [5.41, 5.74) is 23.3. The molecule has 0 bridgehead atoms. The van der Waals surface area contributed by atoms with Crippen molar-refractivity contribution in [3.8, 4) is 11.8 Å². The van der Waals surface area contributed by atoms with E-state index >= 15 is 0 Å². The SMILES string of the molecule is COc1cc(NC(=O)C(=O)c2c3c(n(Cc4ccc(Cl)cc4)c2C)CCCCC3)ccn1.COc1cc(NC(=O)C(=O)c2c3c(n(Cc4ccc(Cl)cc4)c2C)CCCCCC3)ccn1.Cc1cccc(NC(=O)C(=O)c2c3c(n(Cc4ccc(Cl)cc4)c2C)CCC(C)(C)C3)c1.Cc1cccc(NC(=O)C(=O)c2c3c(n(Cc4ccc(Cl)cc4)c2C)CCCCCC3)c1. The highest BCUT2D eigenvalue weighted by Crippen LogP contribution is 2.41. The Kier molecular flexibility index (Phi) is 31.9. The average Bonchev–Trinajstić information content (AvgIpc) is 1.64. The second-order valence-corrected chi connectivity index (χ2v) is 36.4. The maximum atomic E-state index is 13.4.